The predicted octanol–water partition coefficient (Wildman–Crippen LogP) is 1.23. The Kier molecular flexibility index (Phi) is 3.33. The number of carboxylic acid groups (broad SMARTS) is 1. The van der Waals surface area contributed by atoms with Gasteiger partial charge in [0, 0.05) is 12.5 Å². The summed E-state index contributed by atoms with van der Waals surface area (Å²) in [4.78, 5) is 10.5. The van der Waals surface area contributed by atoms with Crippen LogP contribution in [0.3, 0.4) is 0 Å². The van der Waals surface area contributed by atoms with Crippen molar-refractivity contribution in [1.82, 2.24) is 0 Å². The van der Waals surface area contributed by atoms with Crippen LogP contribution < -0.4 is 5.73 Å². The molecule has 1 atom stereocenters. The molecule has 4 heteroatoms. The summed E-state index contributed by atoms with van der Waals surface area (Å²) >= 11 is 0. The van der Waals surface area contributed by atoms with Crippen LogP contribution in [0.5, 0.6) is 5.75 Å². The zero-order valence-corrected chi connectivity index (χ0v) is 9.65. The Morgan fingerprint density at radius 1 is 1.35 bits per heavy atom. The molecule has 1 aromatic rings. The molecule has 0 saturated carbocycles. The smallest absolute Gasteiger partial charge is 0.303 e. The van der Waals surface area contributed by atoms with Crippen molar-refractivity contribution in [1.29, 1.82) is 0 Å². The summed E-state index contributed by atoms with van der Waals surface area (Å²) in [6, 6.07) is 3.65. The van der Waals surface area contributed by atoms with E-state index in [1.54, 1.807) is 6.07 Å². The van der Waals surface area contributed by atoms with Crippen LogP contribution in [0.1, 0.15) is 29.5 Å². The van der Waals surface area contributed by atoms with Gasteiger partial charge in [0.2, 0.25) is 0 Å². The first-order valence-corrected chi connectivity index (χ1v) is 5.88. The van der Waals surface area contributed by atoms with E-state index in [9.17, 15) is 9.90 Å². The van der Waals surface area contributed by atoms with Gasteiger partial charge in [-0.25, -0.2) is 0 Å². The van der Waals surface area contributed by atoms with Gasteiger partial charge < -0.3 is 15.9 Å². The van der Waals surface area contributed by atoms with Crippen molar-refractivity contribution >= 4 is 5.97 Å². The average molecular weight is 235 g/mol. The molecule has 1 aliphatic rings. The fourth-order valence-corrected chi connectivity index (χ4v) is 2.47. The number of nitrogens with two attached hydrogens (primary N) is 1. The van der Waals surface area contributed by atoms with Gasteiger partial charge in [0.15, 0.2) is 0 Å². The molecule has 1 aliphatic carbocycles. The van der Waals surface area contributed by atoms with Crippen molar-refractivity contribution in [3.63, 3.8) is 0 Å². The SMILES string of the molecule is NC1Cc2c(O)ccc(CCCC(=O)O)c2C1. The molecule has 0 spiro atoms. The van der Waals surface area contributed by atoms with E-state index in [-0.39, 0.29) is 12.5 Å². The Morgan fingerprint density at radius 3 is 2.76 bits per heavy atom. The van der Waals surface area contributed by atoms with Crippen molar-refractivity contribution < 1.29 is 15.0 Å². The van der Waals surface area contributed by atoms with Crippen LogP contribution in [0.4, 0.5) is 0 Å². The van der Waals surface area contributed by atoms with Crippen molar-refractivity contribution in [2.75, 3.05) is 0 Å². The molecule has 0 amide bonds. The first kappa shape index (κ1) is 11.9. The fraction of sp³-hybridized carbons (Fsp3) is 0.462. The van der Waals surface area contributed by atoms with E-state index in [1.165, 1.54) is 0 Å². The number of hydrogen-bond donors (Lipinski definition) is 3. The largest absolute Gasteiger partial charge is 0.508 e. The number of aliphatic carboxylic acids is 1. The second kappa shape index (κ2) is 4.75. The summed E-state index contributed by atoms with van der Waals surface area (Å²) in [5.74, 6) is -0.452. The number of phenols is 1. The lowest BCUT2D eigenvalue weighted by atomic mass is 9.98. The zero-order chi connectivity index (χ0) is 12.4. The second-order valence-electron chi connectivity index (χ2n) is 4.62. The van der Waals surface area contributed by atoms with E-state index < -0.39 is 5.97 Å². The predicted molar refractivity (Wildman–Crippen MR) is 64.1 cm³/mol. The lowest BCUT2D eigenvalue weighted by Crippen LogP contribution is -2.19. The number of fused-ring (bicyclic) bond motifs is 1. The molecular formula is C13H17NO3. The molecule has 0 heterocycles. The van der Waals surface area contributed by atoms with Crippen molar-refractivity contribution in [2.45, 2.75) is 38.1 Å². The van der Waals surface area contributed by atoms with Gasteiger partial charge in [0.25, 0.3) is 0 Å². The Bertz CT molecular complexity index is 443. The van der Waals surface area contributed by atoms with Gasteiger partial charge in [-0.3, -0.25) is 4.79 Å². The van der Waals surface area contributed by atoms with E-state index in [1.807, 2.05) is 6.07 Å². The van der Waals surface area contributed by atoms with Crippen molar-refractivity contribution in [3.8, 4) is 5.75 Å². The van der Waals surface area contributed by atoms with Crippen molar-refractivity contribution in [3.05, 3.63) is 28.8 Å². The van der Waals surface area contributed by atoms with Gasteiger partial charge in [-0.2, -0.15) is 0 Å². The van der Waals surface area contributed by atoms with Gasteiger partial charge in [-0.05, 0) is 48.4 Å². The summed E-state index contributed by atoms with van der Waals surface area (Å²) in [6.45, 7) is 0. The molecule has 1 aromatic carbocycles. The maximum Gasteiger partial charge on any atom is 0.303 e. The highest BCUT2D eigenvalue weighted by atomic mass is 16.4. The lowest BCUT2D eigenvalue weighted by molar-refractivity contribution is -0.137. The van der Waals surface area contributed by atoms with E-state index in [2.05, 4.69) is 0 Å². The van der Waals surface area contributed by atoms with Crippen LogP contribution in [0.15, 0.2) is 12.1 Å². The normalized spacial score (nSPS) is 18.1. The molecule has 0 aliphatic heterocycles. The third kappa shape index (κ3) is 2.58. The topological polar surface area (TPSA) is 83.5 Å². The lowest BCUT2D eigenvalue weighted by Gasteiger charge is -2.09. The Labute approximate surface area is 100 Å². The number of carboxylic acids is 1. The highest BCUT2D eigenvalue weighted by Crippen LogP contribution is 2.32. The first-order valence-electron chi connectivity index (χ1n) is 5.88. The molecule has 1 unspecified atom stereocenters. The zero-order valence-electron chi connectivity index (χ0n) is 9.65. The summed E-state index contributed by atoms with van der Waals surface area (Å²) < 4.78 is 0. The first-order chi connectivity index (χ1) is 8.08. The molecule has 0 radical (unpaired) electrons. The Balaban J connectivity index is 2.14. The Morgan fingerprint density at radius 2 is 2.06 bits per heavy atom. The number of hydrogen-bond acceptors (Lipinski definition) is 3. The summed E-state index contributed by atoms with van der Waals surface area (Å²) in [5, 5.41) is 18.3. The summed E-state index contributed by atoms with van der Waals surface area (Å²) in [7, 11) is 0. The molecular weight excluding hydrogens is 218 g/mol. The molecule has 0 aromatic heterocycles. The minimum Gasteiger partial charge on any atom is -0.508 e. The highest BCUT2D eigenvalue weighted by Gasteiger charge is 2.23. The van der Waals surface area contributed by atoms with Crippen LogP contribution in [-0.2, 0) is 24.1 Å². The average Bonchev–Trinajstić information content (AvgIpc) is 2.64. The Hall–Kier alpha value is -1.55. The maximum absolute atomic E-state index is 10.5. The number of rotatable bonds is 4. The quantitative estimate of drug-likeness (QED) is 0.732. The van der Waals surface area contributed by atoms with E-state index in [0.29, 0.717) is 18.6 Å². The molecule has 17 heavy (non-hydrogen) atoms. The number of phenolic OH excluding ortho intramolecular Hbond substituents is 1. The molecule has 0 bridgehead atoms. The maximum atomic E-state index is 10.5. The monoisotopic (exact) mass is 235 g/mol. The minimum atomic E-state index is -0.767. The highest BCUT2D eigenvalue weighted by molar-refractivity contribution is 5.66. The molecule has 4 nitrogen and oxygen atoms in total. The van der Waals surface area contributed by atoms with Gasteiger partial charge in [0.1, 0.15) is 5.75 Å². The number of benzene rings is 1. The van der Waals surface area contributed by atoms with Crippen LogP contribution in [0.25, 0.3) is 0 Å². The summed E-state index contributed by atoms with van der Waals surface area (Å²) in [5.41, 5.74) is 9.10. The van der Waals surface area contributed by atoms with Crippen LogP contribution in [0, 0.1) is 0 Å². The number of aryl methyl sites for hydroxylation is 1. The number of aromatic hydroxyl groups is 1. The van der Waals surface area contributed by atoms with Gasteiger partial charge in [-0.15, -0.1) is 0 Å². The number of carbonyl (C=O) groups is 1. The molecule has 0 fully saturated rings. The van der Waals surface area contributed by atoms with Gasteiger partial charge >= 0.3 is 5.97 Å². The third-order valence-electron chi connectivity index (χ3n) is 3.27. The third-order valence-corrected chi connectivity index (χ3v) is 3.27. The van der Waals surface area contributed by atoms with Crippen LogP contribution >= 0.6 is 0 Å². The second-order valence-corrected chi connectivity index (χ2v) is 4.62. The minimum absolute atomic E-state index is 0.0801. The van der Waals surface area contributed by atoms with Crippen molar-refractivity contribution in [2.24, 2.45) is 5.73 Å². The van der Waals surface area contributed by atoms with E-state index in [4.69, 9.17) is 10.8 Å². The molecule has 0 saturated heterocycles. The fourth-order valence-electron chi connectivity index (χ4n) is 2.47. The summed E-state index contributed by atoms with van der Waals surface area (Å²) in [6.07, 6.45) is 3.05. The molecule has 92 valence electrons. The standard InChI is InChI=1S/C13H17NO3/c14-9-6-10-8(2-1-3-13(16)17)4-5-12(15)11(10)7-9/h4-5,9,15H,1-3,6-7,14H2,(H,16,17). The van der Waals surface area contributed by atoms with Crippen LogP contribution in [-0.4, -0.2) is 22.2 Å². The molecule has 2 rings (SSSR count). The van der Waals surface area contributed by atoms with E-state index in [0.717, 1.165) is 29.5 Å². The van der Waals surface area contributed by atoms with Crippen LogP contribution in [0.2, 0.25) is 0 Å². The van der Waals surface area contributed by atoms with Gasteiger partial charge in [0.05, 0.1) is 0 Å². The molecule has 4 N–H and O–H groups in total. The van der Waals surface area contributed by atoms with E-state index >= 15 is 0 Å². The van der Waals surface area contributed by atoms with Gasteiger partial charge in [-0.1, -0.05) is 6.07 Å².